The molecule has 5 N–H and O–H groups in total. The van der Waals surface area contributed by atoms with Crippen LogP contribution in [0.15, 0.2) is 17.0 Å². The Morgan fingerprint density at radius 3 is 2.35 bits per heavy atom. The molecule has 0 aliphatic rings. The van der Waals surface area contributed by atoms with Crippen molar-refractivity contribution in [3.05, 3.63) is 43.7 Å². The number of aryl methyl sites for hydroxylation is 1. The van der Waals surface area contributed by atoms with Crippen molar-refractivity contribution >= 4 is 61.4 Å². The summed E-state index contributed by atoms with van der Waals surface area (Å²) in [5, 5.41) is 7.64. The van der Waals surface area contributed by atoms with E-state index in [9.17, 15) is 18.0 Å². The summed E-state index contributed by atoms with van der Waals surface area (Å²) in [4.78, 5) is 24.8. The van der Waals surface area contributed by atoms with Gasteiger partial charge >= 0.3 is 0 Å². The Hall–Kier alpha value is -1.65. The molecule has 0 bridgehead atoms. The van der Waals surface area contributed by atoms with Gasteiger partial charge < -0.3 is 11.1 Å². The van der Waals surface area contributed by atoms with E-state index in [4.69, 9.17) is 34.1 Å². The third-order valence-corrected chi connectivity index (χ3v) is 6.36. The number of hydrogen-bond acceptors (Lipinski definition) is 5. The molecule has 11 heteroatoms. The van der Waals surface area contributed by atoms with Gasteiger partial charge in [-0.2, -0.15) is 0 Å². The molecule has 0 radical (unpaired) electrons. The first-order valence-electron chi connectivity index (χ1n) is 7.22. The second-order valence-corrected chi connectivity index (χ2v) is 8.89. The fraction of sp³-hybridized carbons (Fsp3) is 0.200. The predicted molar refractivity (Wildman–Crippen MR) is 103 cm³/mol. The average molecular weight is 436 g/mol. The first kappa shape index (κ1) is 20.7. The number of benzene rings is 1. The first-order chi connectivity index (χ1) is 12.0. The van der Waals surface area contributed by atoms with E-state index in [1.807, 2.05) is 6.92 Å². The molecule has 1 aromatic heterocycles. The van der Waals surface area contributed by atoms with E-state index in [1.54, 1.807) is 6.92 Å². The van der Waals surface area contributed by atoms with Gasteiger partial charge in [-0.1, -0.05) is 30.1 Å². The van der Waals surface area contributed by atoms with E-state index < -0.39 is 26.7 Å². The Labute approximate surface area is 164 Å². The number of primary sulfonamides is 1. The molecule has 0 saturated heterocycles. The van der Waals surface area contributed by atoms with Crippen molar-refractivity contribution in [1.82, 2.24) is 0 Å². The molecule has 0 spiro atoms. The summed E-state index contributed by atoms with van der Waals surface area (Å²) in [6.45, 7) is 3.67. The molecule has 1 heterocycles. The molecule has 7 nitrogen and oxygen atoms in total. The number of primary amides is 1. The number of carbonyl (C=O) groups excluding carboxylic acids is 2. The fourth-order valence-electron chi connectivity index (χ4n) is 2.44. The lowest BCUT2D eigenvalue weighted by molar-refractivity contribution is 0.100. The van der Waals surface area contributed by atoms with E-state index in [-0.39, 0.29) is 26.2 Å². The number of halogens is 2. The number of rotatable bonds is 5. The molecule has 0 atom stereocenters. The number of nitrogens with one attached hydrogen (secondary N) is 1. The third-order valence-electron chi connectivity index (χ3n) is 3.61. The molecule has 0 unspecified atom stereocenters. The zero-order valence-electron chi connectivity index (χ0n) is 13.7. The van der Waals surface area contributed by atoms with Crippen LogP contribution in [0.2, 0.25) is 10.0 Å². The van der Waals surface area contributed by atoms with Gasteiger partial charge in [-0.05, 0) is 31.0 Å². The van der Waals surface area contributed by atoms with Crippen LogP contribution in [-0.2, 0) is 16.4 Å². The van der Waals surface area contributed by atoms with E-state index in [0.717, 1.165) is 22.6 Å². The molecule has 26 heavy (non-hydrogen) atoms. The molecule has 0 aliphatic heterocycles. The van der Waals surface area contributed by atoms with Crippen LogP contribution in [-0.4, -0.2) is 20.2 Å². The van der Waals surface area contributed by atoms with Gasteiger partial charge in [0.25, 0.3) is 11.8 Å². The highest BCUT2D eigenvalue weighted by Gasteiger charge is 2.24. The van der Waals surface area contributed by atoms with E-state index in [1.165, 1.54) is 11.3 Å². The normalized spacial score (nSPS) is 11.4. The highest BCUT2D eigenvalue weighted by Crippen LogP contribution is 2.34. The number of amides is 2. The molecule has 0 aliphatic carbocycles. The summed E-state index contributed by atoms with van der Waals surface area (Å²) in [5.74, 6) is -1.39. The van der Waals surface area contributed by atoms with Gasteiger partial charge in [-0.3, -0.25) is 9.59 Å². The number of sulfonamides is 1. The van der Waals surface area contributed by atoms with Gasteiger partial charge in [0.2, 0.25) is 10.0 Å². The largest absolute Gasteiger partial charge is 0.365 e. The van der Waals surface area contributed by atoms with Crippen LogP contribution in [0.3, 0.4) is 0 Å². The summed E-state index contributed by atoms with van der Waals surface area (Å²) < 4.78 is 23.2. The Morgan fingerprint density at radius 2 is 1.85 bits per heavy atom. The van der Waals surface area contributed by atoms with Crippen LogP contribution in [0.5, 0.6) is 0 Å². The van der Waals surface area contributed by atoms with Crippen LogP contribution in [0.25, 0.3) is 0 Å². The van der Waals surface area contributed by atoms with Crippen molar-refractivity contribution in [1.29, 1.82) is 0 Å². The highest BCUT2D eigenvalue weighted by atomic mass is 35.5. The maximum atomic E-state index is 12.6. The molecule has 2 rings (SSSR count). The Bertz CT molecular complexity index is 1020. The second-order valence-electron chi connectivity index (χ2n) is 5.32. The Morgan fingerprint density at radius 1 is 1.23 bits per heavy atom. The van der Waals surface area contributed by atoms with Gasteiger partial charge in [0.15, 0.2) is 0 Å². The summed E-state index contributed by atoms with van der Waals surface area (Å²) in [5.41, 5.74) is 6.24. The Kier molecular flexibility index (Phi) is 5.99. The predicted octanol–water partition coefficient (Wildman–Crippen LogP) is 2.92. The average Bonchev–Trinajstić information content (AvgIpc) is 2.81. The van der Waals surface area contributed by atoms with Gasteiger partial charge in [-0.15, -0.1) is 11.3 Å². The molecule has 1 aromatic carbocycles. The highest BCUT2D eigenvalue weighted by molar-refractivity contribution is 7.89. The van der Waals surface area contributed by atoms with Gasteiger partial charge in [0, 0.05) is 4.88 Å². The minimum absolute atomic E-state index is 0.0653. The monoisotopic (exact) mass is 435 g/mol. The van der Waals surface area contributed by atoms with Crippen molar-refractivity contribution in [3.8, 4) is 0 Å². The van der Waals surface area contributed by atoms with E-state index in [2.05, 4.69) is 5.32 Å². The third kappa shape index (κ3) is 4.02. The SMILES string of the molecule is CCc1c(C)sc(NC(=O)c2cc(S(N)(=O)=O)c(Cl)cc2Cl)c1C(N)=O. The zero-order valence-corrected chi connectivity index (χ0v) is 16.9. The maximum absolute atomic E-state index is 12.6. The van der Waals surface area contributed by atoms with Gasteiger partial charge in [-0.25, -0.2) is 13.6 Å². The van der Waals surface area contributed by atoms with Crippen LogP contribution < -0.4 is 16.2 Å². The standard InChI is InChI=1S/C15H15Cl2N3O4S2/c1-3-7-6(2)25-15(12(7)13(18)21)20-14(22)8-4-11(26(19,23)24)10(17)5-9(8)16/h4-5H,3H2,1-2H3,(H2,18,21)(H,20,22)(H2,19,23,24). The zero-order chi connectivity index (χ0) is 19.8. The van der Waals surface area contributed by atoms with E-state index >= 15 is 0 Å². The lowest BCUT2D eigenvalue weighted by Crippen LogP contribution is -2.19. The number of anilines is 1. The van der Waals surface area contributed by atoms with Crippen molar-refractivity contribution in [3.63, 3.8) is 0 Å². The molecule has 140 valence electrons. The molecule has 2 aromatic rings. The minimum atomic E-state index is -4.15. The summed E-state index contributed by atoms with van der Waals surface area (Å²) in [7, 11) is -4.15. The maximum Gasteiger partial charge on any atom is 0.257 e. The van der Waals surface area contributed by atoms with Crippen LogP contribution in [0.1, 0.15) is 38.1 Å². The number of thiophene rings is 1. The first-order valence-corrected chi connectivity index (χ1v) is 10.3. The topological polar surface area (TPSA) is 132 Å². The lowest BCUT2D eigenvalue weighted by atomic mass is 10.1. The second kappa shape index (κ2) is 7.53. The quantitative estimate of drug-likeness (QED) is 0.665. The van der Waals surface area contributed by atoms with Crippen LogP contribution in [0.4, 0.5) is 5.00 Å². The summed E-state index contributed by atoms with van der Waals surface area (Å²) in [6, 6.07) is 2.10. The summed E-state index contributed by atoms with van der Waals surface area (Å²) in [6.07, 6.45) is 0.563. The number of carbonyl (C=O) groups is 2. The smallest absolute Gasteiger partial charge is 0.257 e. The Balaban J connectivity index is 2.51. The van der Waals surface area contributed by atoms with Crippen molar-refractivity contribution in [2.75, 3.05) is 5.32 Å². The van der Waals surface area contributed by atoms with Crippen molar-refractivity contribution < 1.29 is 18.0 Å². The van der Waals surface area contributed by atoms with Gasteiger partial charge in [0.1, 0.15) is 9.90 Å². The van der Waals surface area contributed by atoms with Crippen LogP contribution in [0, 0.1) is 6.92 Å². The molecular weight excluding hydrogens is 421 g/mol. The van der Waals surface area contributed by atoms with Crippen LogP contribution >= 0.6 is 34.5 Å². The van der Waals surface area contributed by atoms with Crippen molar-refractivity contribution in [2.45, 2.75) is 25.2 Å². The van der Waals surface area contributed by atoms with Gasteiger partial charge in [0.05, 0.1) is 21.2 Å². The minimum Gasteiger partial charge on any atom is -0.365 e. The molecule has 0 saturated carbocycles. The van der Waals surface area contributed by atoms with Crippen molar-refractivity contribution in [2.24, 2.45) is 10.9 Å². The molecule has 0 fully saturated rings. The molecule has 2 amide bonds. The fourth-order valence-corrected chi connectivity index (χ4v) is 4.99. The lowest BCUT2D eigenvalue weighted by Gasteiger charge is -2.10. The molecular formula is C15H15Cl2N3O4S2. The number of nitrogens with two attached hydrogens (primary N) is 2. The summed E-state index contributed by atoms with van der Waals surface area (Å²) >= 11 is 13.0. The number of hydrogen-bond donors (Lipinski definition) is 3. The van der Waals surface area contributed by atoms with E-state index in [0.29, 0.717) is 6.42 Å².